The summed E-state index contributed by atoms with van der Waals surface area (Å²) in [6.07, 6.45) is 3.16. The highest BCUT2D eigenvalue weighted by Crippen LogP contribution is 2.26. The zero-order chi connectivity index (χ0) is 23.8. The number of hydrogen-bond donors (Lipinski definition) is 2. The molecule has 2 aromatic heterocycles. The molecule has 0 radical (unpaired) electrons. The van der Waals surface area contributed by atoms with Gasteiger partial charge in [0.05, 0.1) is 26.8 Å². The van der Waals surface area contributed by atoms with Gasteiger partial charge in [0.15, 0.2) is 5.82 Å². The van der Waals surface area contributed by atoms with Gasteiger partial charge in [0.1, 0.15) is 23.1 Å². The summed E-state index contributed by atoms with van der Waals surface area (Å²) < 4.78 is 15.7. The molecule has 176 valence electrons. The molecule has 0 aliphatic rings. The quantitative estimate of drug-likeness (QED) is 0.416. The minimum absolute atomic E-state index is 0.337. The van der Waals surface area contributed by atoms with Gasteiger partial charge >= 0.3 is 5.97 Å². The topological polar surface area (TPSA) is 107 Å². The van der Waals surface area contributed by atoms with Crippen LogP contribution in [-0.2, 0) is 16.1 Å². The third-order valence-electron chi connectivity index (χ3n) is 5.22. The van der Waals surface area contributed by atoms with Crippen molar-refractivity contribution in [1.29, 1.82) is 0 Å². The van der Waals surface area contributed by atoms with Gasteiger partial charge in [0, 0.05) is 24.4 Å². The highest BCUT2D eigenvalue weighted by Gasteiger charge is 2.22. The number of rotatable bonds is 11. The van der Waals surface area contributed by atoms with Crippen molar-refractivity contribution >= 4 is 28.8 Å². The Morgan fingerprint density at radius 1 is 1.06 bits per heavy atom. The maximum absolute atomic E-state index is 12.4. The average molecular weight is 454 g/mol. The number of ether oxygens (including phenoxy) is 3. The lowest BCUT2D eigenvalue weighted by molar-refractivity contribution is -0.141. The highest BCUT2D eigenvalue weighted by atomic mass is 16.5. The molecule has 0 saturated heterocycles. The van der Waals surface area contributed by atoms with Crippen LogP contribution in [-0.4, -0.2) is 48.3 Å². The van der Waals surface area contributed by atoms with Crippen LogP contribution < -0.4 is 20.1 Å². The predicted molar refractivity (Wildman–Crippen MR) is 128 cm³/mol. The van der Waals surface area contributed by atoms with E-state index in [1.54, 1.807) is 20.4 Å². The van der Waals surface area contributed by atoms with Crippen LogP contribution in [0.4, 0.5) is 11.8 Å². The largest absolute Gasteiger partial charge is 0.497 e. The number of hydrogen-bond acceptors (Lipinski definition) is 9. The summed E-state index contributed by atoms with van der Waals surface area (Å²) in [6, 6.07) is 8.75. The second kappa shape index (κ2) is 11.3. The molecule has 9 heteroatoms. The molecule has 0 bridgehead atoms. The van der Waals surface area contributed by atoms with Crippen molar-refractivity contribution in [3.8, 4) is 11.5 Å². The number of benzene rings is 1. The van der Waals surface area contributed by atoms with E-state index in [1.807, 2.05) is 30.3 Å². The van der Waals surface area contributed by atoms with Crippen LogP contribution in [0.2, 0.25) is 0 Å². The molecule has 1 aromatic carbocycles. The first kappa shape index (κ1) is 24.0. The van der Waals surface area contributed by atoms with Crippen LogP contribution >= 0.6 is 0 Å². The van der Waals surface area contributed by atoms with Gasteiger partial charge in [-0.1, -0.05) is 13.8 Å². The van der Waals surface area contributed by atoms with Crippen molar-refractivity contribution in [3.63, 3.8) is 0 Å². The lowest BCUT2D eigenvalue weighted by Gasteiger charge is -2.19. The number of aromatic nitrogens is 3. The van der Waals surface area contributed by atoms with E-state index in [-0.39, 0.29) is 5.97 Å². The number of carbonyl (C=O) groups is 1. The second-order valence-electron chi connectivity index (χ2n) is 7.99. The van der Waals surface area contributed by atoms with Crippen LogP contribution in [0.5, 0.6) is 11.5 Å². The van der Waals surface area contributed by atoms with Crippen molar-refractivity contribution in [3.05, 3.63) is 42.1 Å². The Bertz CT molecular complexity index is 1090. The van der Waals surface area contributed by atoms with Gasteiger partial charge in [-0.3, -0.25) is 4.98 Å². The lowest BCUT2D eigenvalue weighted by Crippen LogP contribution is -2.31. The Kier molecular flexibility index (Phi) is 8.23. The minimum atomic E-state index is -0.535. The number of anilines is 2. The van der Waals surface area contributed by atoms with E-state index in [0.717, 1.165) is 12.0 Å². The zero-order valence-electron chi connectivity index (χ0n) is 19.7. The van der Waals surface area contributed by atoms with Crippen molar-refractivity contribution in [2.24, 2.45) is 5.92 Å². The molecule has 0 aliphatic heterocycles. The van der Waals surface area contributed by atoms with Crippen molar-refractivity contribution in [2.75, 3.05) is 32.0 Å². The summed E-state index contributed by atoms with van der Waals surface area (Å²) >= 11 is 0. The van der Waals surface area contributed by atoms with Crippen LogP contribution in [0.3, 0.4) is 0 Å². The summed E-state index contributed by atoms with van der Waals surface area (Å²) in [6.45, 7) is 4.67. The summed E-state index contributed by atoms with van der Waals surface area (Å²) in [5.74, 6) is 2.41. The van der Waals surface area contributed by atoms with Crippen LogP contribution in [0.15, 0.2) is 36.5 Å². The molecule has 0 aliphatic carbocycles. The van der Waals surface area contributed by atoms with Gasteiger partial charge in [0.2, 0.25) is 5.95 Å². The van der Waals surface area contributed by atoms with Gasteiger partial charge in [-0.15, -0.1) is 0 Å². The van der Waals surface area contributed by atoms with E-state index in [9.17, 15) is 4.79 Å². The van der Waals surface area contributed by atoms with Crippen LogP contribution in [0.1, 0.15) is 32.3 Å². The zero-order valence-corrected chi connectivity index (χ0v) is 19.7. The van der Waals surface area contributed by atoms with Crippen molar-refractivity contribution in [1.82, 2.24) is 15.0 Å². The molecule has 0 spiro atoms. The number of fused-ring (bicyclic) bond motifs is 1. The fourth-order valence-corrected chi connectivity index (χ4v) is 3.38. The Hall–Kier alpha value is -3.62. The smallest absolute Gasteiger partial charge is 0.328 e. The van der Waals surface area contributed by atoms with Gasteiger partial charge in [-0.2, -0.15) is 4.98 Å². The van der Waals surface area contributed by atoms with Crippen molar-refractivity contribution in [2.45, 2.75) is 39.3 Å². The first-order chi connectivity index (χ1) is 15.9. The van der Waals surface area contributed by atoms with Gasteiger partial charge in [-0.05, 0) is 43.0 Å². The van der Waals surface area contributed by atoms with Gasteiger partial charge < -0.3 is 24.8 Å². The van der Waals surface area contributed by atoms with Gasteiger partial charge in [0.25, 0.3) is 0 Å². The summed E-state index contributed by atoms with van der Waals surface area (Å²) in [7, 11) is 4.61. The Labute approximate surface area is 193 Å². The van der Waals surface area contributed by atoms with Crippen LogP contribution in [0.25, 0.3) is 11.0 Å². The molecule has 0 fully saturated rings. The van der Waals surface area contributed by atoms with Crippen molar-refractivity contribution < 1.29 is 19.0 Å². The molecule has 3 aromatic rings. The Morgan fingerprint density at radius 2 is 1.88 bits per heavy atom. The van der Waals surface area contributed by atoms with Gasteiger partial charge in [-0.25, -0.2) is 9.78 Å². The maximum Gasteiger partial charge on any atom is 0.328 e. The first-order valence-electron chi connectivity index (χ1n) is 10.9. The molecule has 1 atom stereocenters. The van der Waals surface area contributed by atoms with E-state index in [0.29, 0.717) is 53.2 Å². The van der Waals surface area contributed by atoms with E-state index < -0.39 is 6.04 Å². The third kappa shape index (κ3) is 6.21. The SMILES string of the molecule is COC(=O)C(CCC(C)C)Nc1nc(NCc2ccc(OC)cc2OC)nc2cccnc12. The number of pyridine rings is 1. The molecule has 1 unspecified atom stereocenters. The summed E-state index contributed by atoms with van der Waals surface area (Å²) in [4.78, 5) is 26.0. The van der Waals surface area contributed by atoms with Crippen LogP contribution in [0, 0.1) is 5.92 Å². The second-order valence-corrected chi connectivity index (χ2v) is 7.99. The summed E-state index contributed by atoms with van der Waals surface area (Å²) in [5.41, 5.74) is 2.17. The fraction of sp³-hybridized carbons (Fsp3) is 0.417. The number of carbonyl (C=O) groups excluding carboxylic acids is 1. The van der Waals surface area contributed by atoms with E-state index in [1.165, 1.54) is 7.11 Å². The maximum atomic E-state index is 12.4. The molecule has 3 rings (SSSR count). The average Bonchev–Trinajstić information content (AvgIpc) is 2.84. The molecule has 2 heterocycles. The third-order valence-corrected chi connectivity index (χ3v) is 5.22. The number of nitrogens with one attached hydrogen (secondary N) is 2. The lowest BCUT2D eigenvalue weighted by atomic mass is 10.0. The minimum Gasteiger partial charge on any atom is -0.497 e. The molecule has 33 heavy (non-hydrogen) atoms. The number of nitrogens with zero attached hydrogens (tertiary/aromatic N) is 3. The predicted octanol–water partition coefficient (Wildman–Crippen LogP) is 4.04. The molecule has 0 saturated carbocycles. The van der Waals surface area contributed by atoms with E-state index in [4.69, 9.17) is 14.2 Å². The highest BCUT2D eigenvalue weighted by molar-refractivity contribution is 5.88. The molecule has 0 amide bonds. The molecule has 9 nitrogen and oxygen atoms in total. The Balaban J connectivity index is 1.88. The number of esters is 1. The van der Waals surface area contributed by atoms with E-state index >= 15 is 0 Å². The fourth-order valence-electron chi connectivity index (χ4n) is 3.38. The molecular formula is C24H31N5O4. The first-order valence-corrected chi connectivity index (χ1v) is 10.9. The Morgan fingerprint density at radius 3 is 2.58 bits per heavy atom. The monoisotopic (exact) mass is 453 g/mol. The normalized spacial score (nSPS) is 11.8. The summed E-state index contributed by atoms with van der Waals surface area (Å²) in [5, 5.41) is 6.48. The number of methoxy groups -OCH3 is 3. The molecule has 2 N–H and O–H groups in total. The van der Waals surface area contributed by atoms with E-state index in [2.05, 4.69) is 39.4 Å². The molecular weight excluding hydrogens is 422 g/mol. The standard InChI is InChI=1S/C24H31N5O4/c1-15(2)8-11-19(23(30)33-5)27-22-21-18(7-6-12-25-21)28-24(29-22)26-14-16-9-10-17(31-3)13-20(16)32-4/h6-7,9-10,12-13,15,19H,8,11,14H2,1-5H3,(H2,26,27,28,29).